The zero-order valence-corrected chi connectivity index (χ0v) is 14.7. The fourth-order valence-electron chi connectivity index (χ4n) is 1.93. The van der Waals surface area contributed by atoms with Gasteiger partial charge in [-0.1, -0.05) is 6.08 Å². The van der Waals surface area contributed by atoms with Gasteiger partial charge in [-0.2, -0.15) is 0 Å². The third-order valence-electron chi connectivity index (χ3n) is 3.46. The Labute approximate surface area is 142 Å². The molecule has 1 aromatic rings. The highest BCUT2D eigenvalue weighted by atomic mass is 16.5. The number of rotatable bonds is 8. The summed E-state index contributed by atoms with van der Waals surface area (Å²) in [7, 11) is 4.46. The van der Waals surface area contributed by atoms with E-state index >= 15 is 0 Å². The number of amides is 2. The number of ether oxygens (including phenoxy) is 3. The fourth-order valence-corrected chi connectivity index (χ4v) is 1.93. The van der Waals surface area contributed by atoms with E-state index in [2.05, 4.69) is 17.2 Å². The number of methoxy groups -OCH3 is 3. The Bertz CT molecular complexity index is 600. The van der Waals surface area contributed by atoms with Crippen LogP contribution in [-0.2, 0) is 9.59 Å². The van der Waals surface area contributed by atoms with Crippen LogP contribution in [0.25, 0.3) is 0 Å². The van der Waals surface area contributed by atoms with E-state index in [4.69, 9.17) is 14.2 Å². The highest BCUT2D eigenvalue weighted by molar-refractivity contribution is 6.10. The van der Waals surface area contributed by atoms with Crippen LogP contribution < -0.4 is 24.8 Å². The van der Waals surface area contributed by atoms with Crippen molar-refractivity contribution in [2.24, 2.45) is 5.41 Å². The van der Waals surface area contributed by atoms with Crippen molar-refractivity contribution in [2.75, 3.05) is 33.2 Å². The van der Waals surface area contributed by atoms with Crippen molar-refractivity contribution in [2.45, 2.75) is 13.8 Å². The summed E-state index contributed by atoms with van der Waals surface area (Å²) in [5.74, 6) is 0.369. The molecular formula is C17H24N2O5. The summed E-state index contributed by atoms with van der Waals surface area (Å²) in [5.41, 5.74) is -0.831. The van der Waals surface area contributed by atoms with Crippen LogP contribution in [0.1, 0.15) is 13.8 Å². The molecule has 0 bridgehead atoms. The molecule has 0 spiro atoms. The first-order valence-corrected chi connectivity index (χ1v) is 7.32. The Morgan fingerprint density at radius 3 is 2.04 bits per heavy atom. The molecule has 0 radical (unpaired) electrons. The standard InChI is InChI=1S/C17H24N2O5/c1-7-8-18-15(20)17(2,3)16(21)19-11-9-12(22-4)14(24-6)13(10-11)23-5/h7,9-10H,1,8H2,2-6H3,(H,18,20)(H,19,21). The number of carbonyl (C=O) groups excluding carboxylic acids is 2. The van der Waals surface area contributed by atoms with Gasteiger partial charge in [0.05, 0.1) is 21.3 Å². The summed E-state index contributed by atoms with van der Waals surface area (Å²) >= 11 is 0. The van der Waals surface area contributed by atoms with Gasteiger partial charge in [0.15, 0.2) is 11.5 Å². The van der Waals surface area contributed by atoms with Gasteiger partial charge in [-0.15, -0.1) is 6.58 Å². The number of nitrogens with one attached hydrogen (secondary N) is 2. The summed E-state index contributed by atoms with van der Waals surface area (Å²) in [6, 6.07) is 3.19. The van der Waals surface area contributed by atoms with Crippen LogP contribution in [0.15, 0.2) is 24.8 Å². The van der Waals surface area contributed by atoms with E-state index in [0.29, 0.717) is 29.5 Å². The van der Waals surface area contributed by atoms with Gasteiger partial charge in [-0.25, -0.2) is 0 Å². The quantitative estimate of drug-likeness (QED) is 0.560. The van der Waals surface area contributed by atoms with Crippen molar-refractivity contribution in [1.29, 1.82) is 0 Å². The summed E-state index contributed by atoms with van der Waals surface area (Å²) in [5, 5.41) is 5.31. The topological polar surface area (TPSA) is 85.9 Å². The lowest BCUT2D eigenvalue weighted by Crippen LogP contribution is -2.45. The predicted molar refractivity (Wildman–Crippen MR) is 91.7 cm³/mol. The molecule has 7 heteroatoms. The molecule has 2 amide bonds. The maximum atomic E-state index is 12.5. The van der Waals surface area contributed by atoms with E-state index in [1.807, 2.05) is 0 Å². The van der Waals surface area contributed by atoms with Gasteiger partial charge in [-0.05, 0) is 13.8 Å². The van der Waals surface area contributed by atoms with Crippen molar-refractivity contribution in [3.63, 3.8) is 0 Å². The highest BCUT2D eigenvalue weighted by Gasteiger charge is 2.36. The zero-order chi connectivity index (χ0) is 18.3. The third kappa shape index (κ3) is 4.18. The third-order valence-corrected chi connectivity index (χ3v) is 3.46. The molecule has 0 saturated carbocycles. The molecule has 1 rings (SSSR count). The lowest BCUT2D eigenvalue weighted by Gasteiger charge is -2.23. The normalized spacial score (nSPS) is 10.5. The van der Waals surface area contributed by atoms with Gasteiger partial charge in [-0.3, -0.25) is 9.59 Å². The average molecular weight is 336 g/mol. The molecule has 7 nitrogen and oxygen atoms in total. The van der Waals surface area contributed by atoms with Gasteiger partial charge >= 0.3 is 0 Å². The molecule has 0 aromatic heterocycles. The lowest BCUT2D eigenvalue weighted by atomic mass is 9.91. The Morgan fingerprint density at radius 2 is 1.62 bits per heavy atom. The summed E-state index contributed by atoms with van der Waals surface area (Å²) < 4.78 is 15.7. The second-order valence-electron chi connectivity index (χ2n) is 5.49. The monoisotopic (exact) mass is 336 g/mol. The Balaban J connectivity index is 3.05. The predicted octanol–water partition coefficient (Wildman–Crippen LogP) is 1.98. The van der Waals surface area contributed by atoms with Gasteiger partial charge in [0.25, 0.3) is 0 Å². The second kappa shape index (κ2) is 8.24. The summed E-state index contributed by atoms with van der Waals surface area (Å²) in [6.07, 6.45) is 1.55. The SMILES string of the molecule is C=CCNC(=O)C(C)(C)C(=O)Nc1cc(OC)c(OC)c(OC)c1. The van der Waals surface area contributed by atoms with E-state index in [1.54, 1.807) is 32.1 Å². The van der Waals surface area contributed by atoms with Gasteiger partial charge in [0.1, 0.15) is 5.41 Å². The first-order valence-electron chi connectivity index (χ1n) is 7.32. The molecule has 0 aliphatic rings. The molecular weight excluding hydrogens is 312 g/mol. The number of hydrogen-bond acceptors (Lipinski definition) is 5. The molecule has 0 heterocycles. The molecule has 0 unspecified atom stereocenters. The number of carbonyl (C=O) groups is 2. The average Bonchev–Trinajstić information content (AvgIpc) is 2.58. The van der Waals surface area contributed by atoms with Crippen LogP contribution >= 0.6 is 0 Å². The molecule has 132 valence electrons. The van der Waals surface area contributed by atoms with Crippen LogP contribution in [-0.4, -0.2) is 39.7 Å². The minimum atomic E-state index is -1.26. The van der Waals surface area contributed by atoms with E-state index in [9.17, 15) is 9.59 Å². The number of benzene rings is 1. The van der Waals surface area contributed by atoms with Crippen molar-refractivity contribution in [1.82, 2.24) is 5.32 Å². The second-order valence-corrected chi connectivity index (χ2v) is 5.49. The maximum Gasteiger partial charge on any atom is 0.239 e. The Morgan fingerprint density at radius 1 is 1.08 bits per heavy atom. The number of hydrogen-bond donors (Lipinski definition) is 2. The van der Waals surface area contributed by atoms with Gasteiger partial charge in [0, 0.05) is 24.4 Å². The molecule has 0 aliphatic carbocycles. The highest BCUT2D eigenvalue weighted by Crippen LogP contribution is 2.40. The van der Waals surface area contributed by atoms with E-state index < -0.39 is 17.2 Å². The van der Waals surface area contributed by atoms with Crippen LogP contribution in [0.3, 0.4) is 0 Å². The summed E-state index contributed by atoms with van der Waals surface area (Å²) in [6.45, 7) is 6.90. The van der Waals surface area contributed by atoms with Crippen LogP contribution in [0.4, 0.5) is 5.69 Å². The van der Waals surface area contributed by atoms with Crippen molar-refractivity contribution in [3.05, 3.63) is 24.8 Å². The molecule has 0 atom stereocenters. The van der Waals surface area contributed by atoms with Crippen LogP contribution in [0.5, 0.6) is 17.2 Å². The van der Waals surface area contributed by atoms with E-state index in [-0.39, 0.29) is 0 Å². The summed E-state index contributed by atoms with van der Waals surface area (Å²) in [4.78, 5) is 24.6. The number of anilines is 1. The Hall–Kier alpha value is -2.70. The van der Waals surface area contributed by atoms with E-state index in [1.165, 1.54) is 21.3 Å². The lowest BCUT2D eigenvalue weighted by molar-refractivity contribution is -0.138. The largest absolute Gasteiger partial charge is 0.493 e. The van der Waals surface area contributed by atoms with Crippen molar-refractivity contribution < 1.29 is 23.8 Å². The fraction of sp³-hybridized carbons (Fsp3) is 0.412. The van der Waals surface area contributed by atoms with Crippen molar-refractivity contribution >= 4 is 17.5 Å². The van der Waals surface area contributed by atoms with Crippen LogP contribution in [0.2, 0.25) is 0 Å². The first-order chi connectivity index (χ1) is 11.3. The molecule has 0 saturated heterocycles. The minimum Gasteiger partial charge on any atom is -0.493 e. The molecule has 1 aromatic carbocycles. The Kier molecular flexibility index (Phi) is 6.64. The first kappa shape index (κ1) is 19.3. The van der Waals surface area contributed by atoms with Crippen LogP contribution in [0, 0.1) is 5.41 Å². The van der Waals surface area contributed by atoms with E-state index in [0.717, 1.165) is 0 Å². The minimum absolute atomic E-state index is 0.291. The molecule has 0 fully saturated rings. The maximum absolute atomic E-state index is 12.5. The molecule has 0 aliphatic heterocycles. The van der Waals surface area contributed by atoms with Crippen molar-refractivity contribution in [3.8, 4) is 17.2 Å². The van der Waals surface area contributed by atoms with Gasteiger partial charge in [0.2, 0.25) is 17.6 Å². The van der Waals surface area contributed by atoms with Gasteiger partial charge < -0.3 is 24.8 Å². The molecule has 24 heavy (non-hydrogen) atoms. The molecule has 2 N–H and O–H groups in total. The zero-order valence-electron chi connectivity index (χ0n) is 14.7. The smallest absolute Gasteiger partial charge is 0.239 e.